The molecule has 1 fully saturated rings. The first kappa shape index (κ1) is 12.4. The summed E-state index contributed by atoms with van der Waals surface area (Å²) in [4.78, 5) is 8.64. The summed E-state index contributed by atoms with van der Waals surface area (Å²) in [6.07, 6.45) is 6.03. The van der Waals surface area contributed by atoms with Gasteiger partial charge < -0.3 is 15.4 Å². The molecule has 1 atom stereocenters. The Morgan fingerprint density at radius 2 is 2.28 bits per heavy atom. The van der Waals surface area contributed by atoms with Crippen LogP contribution in [0.5, 0.6) is 0 Å². The fourth-order valence-corrected chi connectivity index (χ4v) is 3.84. The first-order chi connectivity index (χ1) is 8.79. The quantitative estimate of drug-likeness (QED) is 0.887. The predicted molar refractivity (Wildman–Crippen MR) is 74.2 cm³/mol. The van der Waals surface area contributed by atoms with Crippen molar-refractivity contribution in [3.8, 4) is 0 Å². The van der Waals surface area contributed by atoms with Gasteiger partial charge in [-0.25, -0.2) is 4.98 Å². The lowest BCUT2D eigenvalue weighted by atomic mass is 9.99. The summed E-state index contributed by atoms with van der Waals surface area (Å²) in [6, 6.07) is 0.839. The summed E-state index contributed by atoms with van der Waals surface area (Å²) in [5, 5.41) is 1.16. The molecule has 2 aliphatic carbocycles. The fraction of sp³-hybridized carbons (Fsp3) is 0.769. The Kier molecular flexibility index (Phi) is 3.54. The van der Waals surface area contributed by atoms with E-state index in [0.717, 1.165) is 36.8 Å². The number of rotatable bonds is 5. The van der Waals surface area contributed by atoms with E-state index in [4.69, 9.17) is 15.5 Å². The molecule has 0 radical (unpaired) electrons. The molecule has 1 unspecified atom stereocenters. The number of nitrogens with zero attached hydrogens (tertiary/aromatic N) is 2. The highest BCUT2D eigenvalue weighted by Crippen LogP contribution is 2.39. The number of anilines is 1. The van der Waals surface area contributed by atoms with Gasteiger partial charge in [0.1, 0.15) is 0 Å². The Bertz CT molecular complexity index is 416. The minimum absolute atomic E-state index is 0.155. The van der Waals surface area contributed by atoms with Gasteiger partial charge in [-0.1, -0.05) is 0 Å². The summed E-state index contributed by atoms with van der Waals surface area (Å²) in [5.74, 6) is 0. The van der Waals surface area contributed by atoms with Gasteiger partial charge in [0.25, 0.3) is 0 Å². The first-order valence-corrected chi connectivity index (χ1v) is 7.62. The molecule has 100 valence electrons. The monoisotopic (exact) mass is 267 g/mol. The lowest BCUT2D eigenvalue weighted by Gasteiger charge is -2.20. The van der Waals surface area contributed by atoms with Crippen LogP contribution in [0.25, 0.3) is 0 Å². The van der Waals surface area contributed by atoms with Crippen LogP contribution in [0.15, 0.2) is 0 Å². The number of fused-ring (bicyclic) bond motifs is 1. The highest BCUT2D eigenvalue weighted by molar-refractivity contribution is 7.15. The molecule has 1 heterocycles. The molecular formula is C13H21N3OS. The maximum Gasteiger partial charge on any atom is 0.186 e. The van der Waals surface area contributed by atoms with Crippen LogP contribution in [0.3, 0.4) is 0 Å². The maximum absolute atomic E-state index is 6.15. The Balaban J connectivity index is 1.81. The van der Waals surface area contributed by atoms with Gasteiger partial charge in [0.2, 0.25) is 0 Å². The topological polar surface area (TPSA) is 51.4 Å². The summed E-state index contributed by atoms with van der Waals surface area (Å²) < 4.78 is 5.21. The van der Waals surface area contributed by atoms with E-state index in [1.165, 1.54) is 24.1 Å². The van der Waals surface area contributed by atoms with Crippen LogP contribution in [0.4, 0.5) is 5.13 Å². The molecule has 0 saturated heterocycles. The third-order valence-corrected chi connectivity index (χ3v) is 4.92. The number of aromatic nitrogens is 1. The number of aryl methyl sites for hydroxylation is 1. The van der Waals surface area contributed by atoms with Crippen LogP contribution in [-0.2, 0) is 11.2 Å². The van der Waals surface area contributed by atoms with Crippen molar-refractivity contribution in [1.29, 1.82) is 0 Å². The Labute approximate surface area is 112 Å². The maximum atomic E-state index is 6.15. The van der Waals surface area contributed by atoms with E-state index in [-0.39, 0.29) is 6.04 Å². The molecule has 2 aliphatic rings. The molecule has 0 bridgehead atoms. The molecule has 1 aromatic heterocycles. The lowest BCUT2D eigenvalue weighted by Crippen LogP contribution is -2.29. The molecule has 3 rings (SSSR count). The molecule has 0 amide bonds. The SMILES string of the molecule is COCCN(c1nc2c(s1)CCCC2N)C1CC1. The second-order valence-corrected chi connectivity index (χ2v) is 6.28. The first-order valence-electron chi connectivity index (χ1n) is 6.80. The molecule has 0 aliphatic heterocycles. The molecule has 2 N–H and O–H groups in total. The van der Waals surface area contributed by atoms with E-state index in [0.29, 0.717) is 6.04 Å². The number of hydrogen-bond donors (Lipinski definition) is 1. The zero-order valence-corrected chi connectivity index (χ0v) is 11.7. The van der Waals surface area contributed by atoms with Crippen LogP contribution >= 0.6 is 11.3 Å². The molecule has 4 nitrogen and oxygen atoms in total. The number of nitrogens with two attached hydrogens (primary N) is 1. The van der Waals surface area contributed by atoms with Crippen molar-refractivity contribution in [2.75, 3.05) is 25.2 Å². The van der Waals surface area contributed by atoms with Gasteiger partial charge in [0.15, 0.2) is 5.13 Å². The van der Waals surface area contributed by atoms with Gasteiger partial charge in [0, 0.05) is 30.6 Å². The summed E-state index contributed by atoms with van der Waals surface area (Å²) in [7, 11) is 1.76. The van der Waals surface area contributed by atoms with Crippen molar-refractivity contribution < 1.29 is 4.74 Å². The average Bonchev–Trinajstić information content (AvgIpc) is 3.09. The Hall–Kier alpha value is -0.650. The van der Waals surface area contributed by atoms with E-state index in [9.17, 15) is 0 Å². The van der Waals surface area contributed by atoms with Crippen molar-refractivity contribution in [1.82, 2.24) is 4.98 Å². The van der Waals surface area contributed by atoms with E-state index in [1.54, 1.807) is 7.11 Å². The van der Waals surface area contributed by atoms with Crippen LogP contribution in [0.1, 0.15) is 42.3 Å². The average molecular weight is 267 g/mol. The molecule has 1 saturated carbocycles. The fourth-order valence-electron chi connectivity index (χ4n) is 2.57. The molecule has 18 heavy (non-hydrogen) atoms. The largest absolute Gasteiger partial charge is 0.383 e. The van der Waals surface area contributed by atoms with Gasteiger partial charge in [-0.15, -0.1) is 11.3 Å². The number of ether oxygens (including phenoxy) is 1. The lowest BCUT2D eigenvalue weighted by molar-refractivity contribution is 0.205. The highest BCUT2D eigenvalue weighted by atomic mass is 32.1. The summed E-state index contributed by atoms with van der Waals surface area (Å²) in [5.41, 5.74) is 7.31. The Morgan fingerprint density at radius 1 is 1.44 bits per heavy atom. The zero-order valence-electron chi connectivity index (χ0n) is 10.9. The van der Waals surface area contributed by atoms with Crippen molar-refractivity contribution in [2.45, 2.75) is 44.2 Å². The molecule has 0 aromatic carbocycles. The van der Waals surface area contributed by atoms with Gasteiger partial charge in [-0.2, -0.15) is 0 Å². The number of methoxy groups -OCH3 is 1. The second-order valence-electron chi connectivity index (χ2n) is 5.22. The molecular weight excluding hydrogens is 246 g/mol. The number of thiazole rings is 1. The third kappa shape index (κ3) is 2.39. The van der Waals surface area contributed by atoms with Crippen molar-refractivity contribution >= 4 is 16.5 Å². The second kappa shape index (κ2) is 5.15. The standard InChI is InChI=1S/C13H21N3OS/c1-17-8-7-16(9-5-6-9)13-15-12-10(14)3-2-4-11(12)18-13/h9-10H,2-8,14H2,1H3. The van der Waals surface area contributed by atoms with E-state index >= 15 is 0 Å². The zero-order chi connectivity index (χ0) is 12.5. The van der Waals surface area contributed by atoms with Crippen molar-refractivity contribution in [2.24, 2.45) is 5.73 Å². The van der Waals surface area contributed by atoms with Gasteiger partial charge >= 0.3 is 0 Å². The Morgan fingerprint density at radius 3 is 2.94 bits per heavy atom. The van der Waals surface area contributed by atoms with Crippen molar-refractivity contribution in [3.63, 3.8) is 0 Å². The van der Waals surface area contributed by atoms with E-state index in [2.05, 4.69) is 4.90 Å². The van der Waals surface area contributed by atoms with Gasteiger partial charge in [-0.05, 0) is 32.1 Å². The van der Waals surface area contributed by atoms with Crippen LogP contribution in [0.2, 0.25) is 0 Å². The third-order valence-electron chi connectivity index (χ3n) is 3.76. The van der Waals surface area contributed by atoms with E-state index in [1.807, 2.05) is 11.3 Å². The summed E-state index contributed by atoms with van der Waals surface area (Å²) >= 11 is 1.85. The van der Waals surface area contributed by atoms with E-state index < -0.39 is 0 Å². The van der Waals surface area contributed by atoms with Crippen LogP contribution < -0.4 is 10.6 Å². The normalized spacial score (nSPS) is 22.9. The predicted octanol–water partition coefficient (Wildman–Crippen LogP) is 2.09. The summed E-state index contributed by atoms with van der Waals surface area (Å²) in [6.45, 7) is 1.72. The minimum Gasteiger partial charge on any atom is -0.383 e. The van der Waals surface area contributed by atoms with Crippen LogP contribution in [-0.4, -0.2) is 31.3 Å². The smallest absolute Gasteiger partial charge is 0.186 e. The molecule has 0 spiro atoms. The van der Waals surface area contributed by atoms with Crippen molar-refractivity contribution in [3.05, 3.63) is 10.6 Å². The van der Waals surface area contributed by atoms with Gasteiger partial charge in [0.05, 0.1) is 12.3 Å². The molecule has 5 heteroatoms. The van der Waals surface area contributed by atoms with Crippen LogP contribution in [0, 0.1) is 0 Å². The molecule has 1 aromatic rings. The highest BCUT2D eigenvalue weighted by Gasteiger charge is 2.32. The minimum atomic E-state index is 0.155. The number of hydrogen-bond acceptors (Lipinski definition) is 5. The van der Waals surface area contributed by atoms with Gasteiger partial charge in [-0.3, -0.25) is 0 Å².